The van der Waals surface area contributed by atoms with Crippen molar-refractivity contribution in [2.45, 2.75) is 30.7 Å². The number of alkyl halides is 2. The highest BCUT2D eigenvalue weighted by Gasteiger charge is 2.58. The predicted octanol–water partition coefficient (Wildman–Crippen LogP) is 2.15. The van der Waals surface area contributed by atoms with Crippen molar-refractivity contribution >= 4 is 11.5 Å². The van der Waals surface area contributed by atoms with E-state index in [0.29, 0.717) is 18.4 Å². The van der Waals surface area contributed by atoms with Crippen LogP contribution < -0.4 is 5.73 Å². The van der Waals surface area contributed by atoms with Crippen molar-refractivity contribution < 1.29 is 18.4 Å². The molecule has 0 fully saturated rings. The van der Waals surface area contributed by atoms with Crippen LogP contribution in [0.2, 0.25) is 0 Å². The first-order valence-corrected chi connectivity index (χ1v) is 6.93. The first-order chi connectivity index (χ1) is 10.4. The van der Waals surface area contributed by atoms with Gasteiger partial charge in [0.15, 0.2) is 5.54 Å². The summed E-state index contributed by atoms with van der Waals surface area (Å²) in [5.41, 5.74) is 4.40. The quantitative estimate of drug-likeness (QED) is 0.635. The molecule has 1 aromatic carbocycles. The molecule has 1 spiro atoms. The third-order valence-corrected chi connectivity index (χ3v) is 4.21. The number of benzene rings is 1. The van der Waals surface area contributed by atoms with Gasteiger partial charge >= 0.3 is 0 Å². The molecule has 1 heterocycles. The van der Waals surface area contributed by atoms with E-state index in [1.807, 2.05) is 0 Å². The van der Waals surface area contributed by atoms with Crippen LogP contribution in [0.15, 0.2) is 23.2 Å². The number of non-ortho nitro benzene ring substituents is 1. The SMILES string of the molecule is NC1=NC2(CCCc3ccc([N+](=O)[O-])cc32)C(F)(F)COC1. The Labute approximate surface area is 125 Å². The number of nitrogens with two attached hydrogens (primary N) is 1. The molecule has 0 saturated heterocycles. The Hall–Kier alpha value is -2.09. The molecule has 0 aromatic heterocycles. The summed E-state index contributed by atoms with van der Waals surface area (Å²) in [5.74, 6) is -3.30. The molecule has 22 heavy (non-hydrogen) atoms. The van der Waals surface area contributed by atoms with Crippen molar-refractivity contribution in [2.24, 2.45) is 10.7 Å². The number of hydrogen-bond acceptors (Lipinski definition) is 5. The summed E-state index contributed by atoms with van der Waals surface area (Å²) < 4.78 is 34.4. The molecule has 0 bridgehead atoms. The third kappa shape index (κ3) is 2.14. The van der Waals surface area contributed by atoms with E-state index in [1.54, 1.807) is 0 Å². The second kappa shape index (κ2) is 4.98. The van der Waals surface area contributed by atoms with Gasteiger partial charge in [-0.25, -0.2) is 8.78 Å². The normalized spacial score (nSPS) is 26.9. The first kappa shape index (κ1) is 14.8. The predicted molar refractivity (Wildman–Crippen MR) is 75.1 cm³/mol. The van der Waals surface area contributed by atoms with E-state index < -0.39 is 23.0 Å². The summed E-state index contributed by atoms with van der Waals surface area (Å²) in [6, 6.07) is 4.06. The Morgan fingerprint density at radius 1 is 1.41 bits per heavy atom. The van der Waals surface area contributed by atoms with Gasteiger partial charge in [0.25, 0.3) is 11.6 Å². The molecule has 0 radical (unpaired) electrons. The summed E-state index contributed by atoms with van der Waals surface area (Å²) in [5, 5.41) is 11.0. The van der Waals surface area contributed by atoms with Crippen LogP contribution in [0, 0.1) is 10.1 Å². The minimum Gasteiger partial charge on any atom is -0.385 e. The molecule has 1 aliphatic heterocycles. The fraction of sp³-hybridized carbons (Fsp3) is 0.500. The van der Waals surface area contributed by atoms with Crippen LogP contribution in [-0.4, -0.2) is 29.9 Å². The molecule has 6 nitrogen and oxygen atoms in total. The van der Waals surface area contributed by atoms with E-state index in [4.69, 9.17) is 10.5 Å². The van der Waals surface area contributed by atoms with Gasteiger partial charge in [-0.2, -0.15) is 0 Å². The highest BCUT2D eigenvalue weighted by atomic mass is 19.3. The summed E-state index contributed by atoms with van der Waals surface area (Å²) in [7, 11) is 0. The van der Waals surface area contributed by atoms with E-state index in [9.17, 15) is 18.9 Å². The van der Waals surface area contributed by atoms with Gasteiger partial charge in [0.2, 0.25) is 0 Å². The number of nitro benzene ring substituents is 1. The Kier molecular flexibility index (Phi) is 3.36. The van der Waals surface area contributed by atoms with Gasteiger partial charge in [0.1, 0.15) is 19.0 Å². The lowest BCUT2D eigenvalue weighted by atomic mass is 9.73. The maximum atomic E-state index is 14.7. The molecule has 0 amide bonds. The van der Waals surface area contributed by atoms with Crippen LogP contribution in [0.4, 0.5) is 14.5 Å². The van der Waals surface area contributed by atoms with Gasteiger partial charge in [-0.05, 0) is 30.4 Å². The van der Waals surface area contributed by atoms with Crippen LogP contribution in [0.3, 0.4) is 0 Å². The van der Waals surface area contributed by atoms with Gasteiger partial charge in [-0.3, -0.25) is 15.1 Å². The van der Waals surface area contributed by atoms with Crippen LogP contribution in [0.1, 0.15) is 24.0 Å². The number of hydrogen-bond donors (Lipinski definition) is 1. The largest absolute Gasteiger partial charge is 0.385 e. The van der Waals surface area contributed by atoms with Gasteiger partial charge in [-0.15, -0.1) is 0 Å². The topological polar surface area (TPSA) is 90.8 Å². The number of nitrogens with zero attached hydrogens (tertiary/aromatic N) is 2. The van der Waals surface area contributed by atoms with E-state index in [2.05, 4.69) is 4.99 Å². The minimum absolute atomic E-state index is 0.0171. The summed E-state index contributed by atoms with van der Waals surface area (Å²) in [6.45, 7) is -0.971. The maximum absolute atomic E-state index is 14.7. The van der Waals surface area contributed by atoms with E-state index in [0.717, 1.165) is 0 Å². The van der Waals surface area contributed by atoms with Crippen LogP contribution >= 0.6 is 0 Å². The number of halogens is 2. The molecule has 118 valence electrons. The second-order valence-electron chi connectivity index (χ2n) is 5.61. The zero-order chi connectivity index (χ0) is 16.0. The average molecular weight is 311 g/mol. The van der Waals surface area contributed by atoms with Crippen molar-refractivity contribution in [1.29, 1.82) is 0 Å². The Balaban J connectivity index is 2.25. The molecule has 2 aliphatic rings. The molecule has 1 aromatic rings. The molecular formula is C14H15F2N3O3. The van der Waals surface area contributed by atoms with Crippen molar-refractivity contribution in [2.75, 3.05) is 13.2 Å². The fourth-order valence-corrected chi connectivity index (χ4v) is 3.21. The van der Waals surface area contributed by atoms with Crippen molar-refractivity contribution in [3.8, 4) is 0 Å². The molecule has 3 rings (SSSR count). The lowest BCUT2D eigenvalue weighted by molar-refractivity contribution is -0.385. The second-order valence-corrected chi connectivity index (χ2v) is 5.61. The summed E-state index contributed by atoms with van der Waals surface area (Å²) >= 11 is 0. The highest BCUT2D eigenvalue weighted by molar-refractivity contribution is 5.82. The molecule has 1 aliphatic carbocycles. The third-order valence-electron chi connectivity index (χ3n) is 4.21. The lowest BCUT2D eigenvalue weighted by Gasteiger charge is -2.40. The van der Waals surface area contributed by atoms with E-state index in [1.165, 1.54) is 18.2 Å². The summed E-state index contributed by atoms with van der Waals surface area (Å²) in [6.07, 6.45) is 1.18. The Bertz CT molecular complexity index is 663. The molecule has 0 saturated carbocycles. The molecule has 1 atom stereocenters. The van der Waals surface area contributed by atoms with Crippen LogP contribution in [0.25, 0.3) is 0 Å². The highest BCUT2D eigenvalue weighted by Crippen LogP contribution is 2.50. The zero-order valence-electron chi connectivity index (χ0n) is 11.7. The number of ether oxygens (including phenoxy) is 1. The molecule has 2 N–H and O–H groups in total. The average Bonchev–Trinajstić information content (AvgIpc) is 2.56. The number of aliphatic imine (C=N–C) groups is 1. The number of amidine groups is 1. The molecule has 8 heteroatoms. The van der Waals surface area contributed by atoms with Crippen LogP contribution in [-0.2, 0) is 16.7 Å². The van der Waals surface area contributed by atoms with Gasteiger partial charge < -0.3 is 10.5 Å². The standard InChI is InChI=1S/C14H15F2N3O3/c15-14(16)8-22-7-12(17)18-13(14)5-1-2-9-3-4-10(19(20)21)6-11(9)13/h3-4,6H,1-2,5,7-8H2,(H2,17,18). The van der Waals surface area contributed by atoms with Gasteiger partial charge in [0, 0.05) is 12.1 Å². The van der Waals surface area contributed by atoms with Gasteiger partial charge in [0.05, 0.1) is 4.92 Å². The van der Waals surface area contributed by atoms with Crippen molar-refractivity contribution in [3.05, 3.63) is 39.4 Å². The van der Waals surface area contributed by atoms with Crippen molar-refractivity contribution in [3.63, 3.8) is 0 Å². The number of rotatable bonds is 1. The van der Waals surface area contributed by atoms with E-state index >= 15 is 0 Å². The Morgan fingerprint density at radius 2 is 2.18 bits per heavy atom. The van der Waals surface area contributed by atoms with Gasteiger partial charge in [-0.1, -0.05) is 6.07 Å². The maximum Gasteiger partial charge on any atom is 0.299 e. The minimum atomic E-state index is -3.28. The fourth-order valence-electron chi connectivity index (χ4n) is 3.21. The summed E-state index contributed by atoms with van der Waals surface area (Å²) in [4.78, 5) is 14.4. The van der Waals surface area contributed by atoms with E-state index in [-0.39, 0.29) is 30.1 Å². The number of fused-ring (bicyclic) bond motifs is 2. The monoisotopic (exact) mass is 311 g/mol. The molecule has 1 unspecified atom stereocenters. The number of aryl methyl sites for hydroxylation is 1. The molecular weight excluding hydrogens is 296 g/mol. The Morgan fingerprint density at radius 3 is 2.91 bits per heavy atom. The lowest BCUT2D eigenvalue weighted by Crippen LogP contribution is -2.48. The number of nitro groups is 1. The van der Waals surface area contributed by atoms with Crippen LogP contribution in [0.5, 0.6) is 0 Å². The first-order valence-electron chi connectivity index (χ1n) is 6.93. The smallest absolute Gasteiger partial charge is 0.299 e. The zero-order valence-corrected chi connectivity index (χ0v) is 11.7. The van der Waals surface area contributed by atoms with Crippen molar-refractivity contribution in [1.82, 2.24) is 0 Å².